The lowest BCUT2D eigenvalue weighted by atomic mass is 10.2. The highest BCUT2D eigenvalue weighted by Gasteiger charge is 2.20. The number of benzene rings is 1. The third-order valence-corrected chi connectivity index (χ3v) is 6.64. The monoisotopic (exact) mass is 446 g/mol. The number of carbonyl (C=O) groups excluding carboxylic acids is 1. The van der Waals surface area contributed by atoms with Gasteiger partial charge < -0.3 is 9.30 Å². The molecular weight excluding hydrogens is 432 g/mol. The van der Waals surface area contributed by atoms with Gasteiger partial charge in [-0.3, -0.25) is 14.9 Å². The van der Waals surface area contributed by atoms with Crippen LogP contribution in [0.5, 0.6) is 5.75 Å². The molecule has 4 rings (SSSR count). The molecule has 10 heteroatoms. The summed E-state index contributed by atoms with van der Waals surface area (Å²) in [6, 6.07) is 5.38. The van der Waals surface area contributed by atoms with Gasteiger partial charge in [-0.05, 0) is 30.7 Å². The molecule has 7 nitrogen and oxygen atoms in total. The highest BCUT2D eigenvalue weighted by molar-refractivity contribution is 7.21. The number of hydrogen-bond donors (Lipinski definition) is 1. The highest BCUT2D eigenvalue weighted by atomic mass is 35.5. The molecule has 0 atom stereocenters. The molecule has 0 unspecified atom stereocenters. The van der Waals surface area contributed by atoms with Crippen LogP contribution in [0.2, 0.25) is 5.02 Å². The number of methoxy groups -OCH3 is 1. The molecule has 148 valence electrons. The Morgan fingerprint density at radius 1 is 1.34 bits per heavy atom. The van der Waals surface area contributed by atoms with Crippen LogP contribution in [0.4, 0.5) is 5.13 Å². The molecule has 0 spiro atoms. The predicted octanol–water partition coefficient (Wildman–Crippen LogP) is 4.34. The number of rotatable bonds is 4. The zero-order valence-corrected chi connectivity index (χ0v) is 18.0. The van der Waals surface area contributed by atoms with E-state index in [0.29, 0.717) is 42.3 Å². The minimum absolute atomic E-state index is 0.171. The Kier molecular flexibility index (Phi) is 5.12. The van der Waals surface area contributed by atoms with Gasteiger partial charge in [0.25, 0.3) is 11.5 Å². The van der Waals surface area contributed by atoms with Gasteiger partial charge in [0.15, 0.2) is 5.13 Å². The number of fused-ring (bicyclic) bond motifs is 1. The summed E-state index contributed by atoms with van der Waals surface area (Å²) in [5.74, 6) is 0.264. The van der Waals surface area contributed by atoms with E-state index in [1.165, 1.54) is 33.6 Å². The van der Waals surface area contributed by atoms with Crippen molar-refractivity contribution >= 4 is 55.5 Å². The van der Waals surface area contributed by atoms with Crippen molar-refractivity contribution in [1.82, 2.24) is 14.5 Å². The number of nitrogens with zero attached hydrogens (tertiary/aromatic N) is 3. The predicted molar refractivity (Wildman–Crippen MR) is 117 cm³/mol. The fraction of sp³-hybridized carbons (Fsp3) is 0.158. The van der Waals surface area contributed by atoms with Gasteiger partial charge >= 0.3 is 0 Å². The molecule has 3 aromatic heterocycles. The summed E-state index contributed by atoms with van der Waals surface area (Å²) in [5.41, 5.74) is 1.96. The van der Waals surface area contributed by atoms with E-state index in [-0.39, 0.29) is 11.5 Å². The zero-order chi connectivity index (χ0) is 20.7. The molecule has 1 N–H and O–H groups in total. The SMILES string of the molecule is COc1ccc(-c2csc(NC(=O)c3sc4ncn(C)c(=O)c4c3C)n2)cc1Cl. The smallest absolute Gasteiger partial charge is 0.267 e. The number of nitrogens with one attached hydrogen (secondary N) is 1. The Balaban J connectivity index is 1.61. The molecular formula is C19H15ClN4O3S2. The van der Waals surface area contributed by atoms with Crippen molar-refractivity contribution < 1.29 is 9.53 Å². The van der Waals surface area contributed by atoms with Gasteiger partial charge in [-0.1, -0.05) is 11.6 Å². The number of aryl methyl sites for hydroxylation is 2. The van der Waals surface area contributed by atoms with Gasteiger partial charge in [-0.2, -0.15) is 0 Å². The molecule has 4 aromatic rings. The van der Waals surface area contributed by atoms with Crippen LogP contribution < -0.4 is 15.6 Å². The molecule has 3 heterocycles. The Bertz CT molecular complexity index is 1310. The molecule has 1 amide bonds. The minimum atomic E-state index is -0.318. The van der Waals surface area contributed by atoms with Crippen molar-refractivity contribution in [3.05, 3.63) is 55.7 Å². The first kappa shape index (κ1) is 19.6. The second-order valence-electron chi connectivity index (χ2n) is 6.24. The summed E-state index contributed by atoms with van der Waals surface area (Å²) < 4.78 is 6.56. The second kappa shape index (κ2) is 7.58. The normalized spacial score (nSPS) is 11.0. The summed E-state index contributed by atoms with van der Waals surface area (Å²) in [6.07, 6.45) is 1.45. The number of thiophene rings is 1. The lowest BCUT2D eigenvalue weighted by Crippen LogP contribution is -2.17. The maximum Gasteiger partial charge on any atom is 0.267 e. The maximum absolute atomic E-state index is 12.8. The van der Waals surface area contributed by atoms with E-state index >= 15 is 0 Å². The molecule has 0 saturated heterocycles. The van der Waals surface area contributed by atoms with Gasteiger partial charge in [-0.15, -0.1) is 22.7 Å². The number of halogens is 1. The van der Waals surface area contributed by atoms with E-state index in [2.05, 4.69) is 15.3 Å². The second-order valence-corrected chi connectivity index (χ2v) is 8.50. The Morgan fingerprint density at radius 3 is 2.86 bits per heavy atom. The first-order valence-electron chi connectivity index (χ1n) is 8.44. The quantitative estimate of drug-likeness (QED) is 0.504. The molecule has 0 saturated carbocycles. The number of aromatic nitrogens is 3. The average molecular weight is 447 g/mol. The Morgan fingerprint density at radius 2 is 2.14 bits per heavy atom. The van der Waals surface area contributed by atoms with Crippen LogP contribution in [0.1, 0.15) is 15.2 Å². The lowest BCUT2D eigenvalue weighted by molar-refractivity contribution is 0.103. The molecule has 0 bridgehead atoms. The molecule has 0 aliphatic carbocycles. The highest BCUT2D eigenvalue weighted by Crippen LogP contribution is 2.32. The van der Waals surface area contributed by atoms with Crippen molar-refractivity contribution in [3.63, 3.8) is 0 Å². The molecule has 0 fully saturated rings. The van der Waals surface area contributed by atoms with Crippen molar-refractivity contribution in [1.29, 1.82) is 0 Å². The van der Waals surface area contributed by atoms with Gasteiger partial charge in [-0.25, -0.2) is 9.97 Å². The van der Waals surface area contributed by atoms with E-state index in [1.54, 1.807) is 33.2 Å². The van der Waals surface area contributed by atoms with Crippen molar-refractivity contribution in [3.8, 4) is 17.0 Å². The number of anilines is 1. The summed E-state index contributed by atoms with van der Waals surface area (Å²) >= 11 is 8.68. The van der Waals surface area contributed by atoms with Gasteiger partial charge in [0.2, 0.25) is 0 Å². The molecule has 0 aliphatic heterocycles. The number of ether oxygens (including phenoxy) is 1. The Hall–Kier alpha value is -2.75. The van der Waals surface area contributed by atoms with Gasteiger partial charge in [0.05, 0.1) is 34.4 Å². The minimum Gasteiger partial charge on any atom is -0.495 e. The van der Waals surface area contributed by atoms with Crippen LogP contribution in [0.3, 0.4) is 0 Å². The van der Waals surface area contributed by atoms with Crippen LogP contribution in [-0.2, 0) is 7.05 Å². The third-order valence-electron chi connectivity index (χ3n) is 4.39. The van der Waals surface area contributed by atoms with Crippen molar-refractivity contribution in [2.45, 2.75) is 6.92 Å². The first-order valence-corrected chi connectivity index (χ1v) is 10.5. The van der Waals surface area contributed by atoms with Crippen LogP contribution in [-0.4, -0.2) is 27.6 Å². The lowest BCUT2D eigenvalue weighted by Gasteiger charge is -2.04. The van der Waals surface area contributed by atoms with E-state index in [4.69, 9.17) is 16.3 Å². The average Bonchev–Trinajstić information content (AvgIpc) is 3.29. The number of carbonyl (C=O) groups is 1. The molecule has 0 radical (unpaired) electrons. The third kappa shape index (κ3) is 3.52. The van der Waals surface area contributed by atoms with Crippen LogP contribution in [0.25, 0.3) is 21.5 Å². The molecule has 0 aliphatic rings. The van der Waals surface area contributed by atoms with E-state index in [9.17, 15) is 9.59 Å². The Labute approximate surface area is 178 Å². The largest absolute Gasteiger partial charge is 0.495 e. The molecule has 1 aromatic carbocycles. The van der Waals surface area contributed by atoms with E-state index in [0.717, 1.165) is 5.56 Å². The van der Waals surface area contributed by atoms with Gasteiger partial charge in [0.1, 0.15) is 10.6 Å². The van der Waals surface area contributed by atoms with Crippen LogP contribution >= 0.6 is 34.3 Å². The fourth-order valence-corrected chi connectivity index (χ4v) is 4.88. The molecule has 29 heavy (non-hydrogen) atoms. The summed E-state index contributed by atoms with van der Waals surface area (Å²) in [6.45, 7) is 1.75. The van der Waals surface area contributed by atoms with Crippen LogP contribution in [0.15, 0.2) is 34.7 Å². The number of thiazole rings is 1. The van der Waals surface area contributed by atoms with Crippen molar-refractivity contribution in [2.75, 3.05) is 12.4 Å². The summed E-state index contributed by atoms with van der Waals surface area (Å²) in [4.78, 5) is 34.8. The summed E-state index contributed by atoms with van der Waals surface area (Å²) in [5, 5.41) is 6.05. The summed E-state index contributed by atoms with van der Waals surface area (Å²) in [7, 11) is 3.19. The van der Waals surface area contributed by atoms with Crippen molar-refractivity contribution in [2.24, 2.45) is 7.05 Å². The first-order chi connectivity index (χ1) is 13.9. The topological polar surface area (TPSA) is 86.1 Å². The number of hydrogen-bond acceptors (Lipinski definition) is 7. The maximum atomic E-state index is 12.8. The fourth-order valence-electron chi connectivity index (χ4n) is 2.87. The van der Waals surface area contributed by atoms with Gasteiger partial charge in [0, 0.05) is 18.0 Å². The van der Waals surface area contributed by atoms with E-state index < -0.39 is 0 Å². The zero-order valence-electron chi connectivity index (χ0n) is 15.6. The number of amides is 1. The standard InChI is InChI=1S/C19H15ClN4O3S2/c1-9-14-17(21-8-24(2)18(14)26)29-15(9)16(25)23-19-22-12(7-28-19)10-4-5-13(27-3)11(20)6-10/h4-8H,1-3H3,(H,22,23,25). The van der Waals surface area contributed by atoms with E-state index in [1.807, 2.05) is 11.4 Å². The van der Waals surface area contributed by atoms with Crippen LogP contribution in [0, 0.1) is 6.92 Å².